The number of hydrogen-bond acceptors (Lipinski definition) is 4. The number of ether oxygens (including phenoxy) is 1. The third-order valence-corrected chi connectivity index (χ3v) is 3.37. The quantitative estimate of drug-likeness (QED) is 0.916. The molecule has 2 N–H and O–H groups in total. The number of aromatic nitrogens is 2. The highest BCUT2D eigenvalue weighted by Gasteiger charge is 2.15. The van der Waals surface area contributed by atoms with Gasteiger partial charge < -0.3 is 10.5 Å². The number of halogens is 1. The summed E-state index contributed by atoms with van der Waals surface area (Å²) in [5.41, 5.74) is 8.88. The Hall–Kier alpha value is -1.65. The lowest BCUT2D eigenvalue weighted by Crippen LogP contribution is -2.10. The summed E-state index contributed by atoms with van der Waals surface area (Å²) in [6.07, 6.45) is 1.69. The van der Waals surface area contributed by atoms with E-state index in [9.17, 15) is 0 Å². The zero-order valence-electron chi connectivity index (χ0n) is 11.7. The van der Waals surface area contributed by atoms with Crippen LogP contribution in [0.15, 0.2) is 24.3 Å². The highest BCUT2D eigenvalue weighted by molar-refractivity contribution is 6.30. The van der Waals surface area contributed by atoms with Crippen molar-refractivity contribution in [1.82, 2.24) is 10.2 Å². The summed E-state index contributed by atoms with van der Waals surface area (Å²) in [6, 6.07) is 7.19. The van der Waals surface area contributed by atoms with Crippen molar-refractivity contribution in [2.45, 2.75) is 33.2 Å². The van der Waals surface area contributed by atoms with E-state index in [-0.39, 0.29) is 0 Å². The zero-order chi connectivity index (χ0) is 14.5. The number of nitrogens with two attached hydrogens (primary N) is 1. The second-order valence-corrected chi connectivity index (χ2v) is 4.82. The van der Waals surface area contributed by atoms with Crippen LogP contribution in [0.5, 0.6) is 11.6 Å². The van der Waals surface area contributed by atoms with E-state index in [2.05, 4.69) is 24.0 Å². The van der Waals surface area contributed by atoms with Gasteiger partial charge in [-0.25, -0.2) is 0 Å². The summed E-state index contributed by atoms with van der Waals surface area (Å²) >= 11 is 5.95. The van der Waals surface area contributed by atoms with Crippen molar-refractivity contribution in [2.24, 2.45) is 5.73 Å². The van der Waals surface area contributed by atoms with Gasteiger partial charge in [-0.1, -0.05) is 31.5 Å². The standard InChI is InChI=1S/C15H18ClN3O/c1-3-12-13(9-17)15(19-18-14(12)4-2)20-11-7-5-6-10(16)8-11/h5-8H,3-4,9,17H2,1-2H3. The molecule has 0 saturated heterocycles. The van der Waals surface area contributed by atoms with E-state index in [4.69, 9.17) is 22.1 Å². The smallest absolute Gasteiger partial charge is 0.243 e. The highest BCUT2D eigenvalue weighted by atomic mass is 35.5. The molecule has 0 radical (unpaired) electrons. The van der Waals surface area contributed by atoms with E-state index in [0.717, 1.165) is 29.7 Å². The van der Waals surface area contributed by atoms with Crippen LogP contribution in [0.4, 0.5) is 0 Å². The summed E-state index contributed by atoms with van der Waals surface area (Å²) in [5.74, 6) is 1.09. The van der Waals surface area contributed by atoms with Crippen LogP contribution in [-0.2, 0) is 19.4 Å². The molecule has 0 saturated carbocycles. The predicted molar refractivity (Wildman–Crippen MR) is 80.2 cm³/mol. The maximum absolute atomic E-state index is 5.95. The third-order valence-electron chi connectivity index (χ3n) is 3.14. The molecular weight excluding hydrogens is 274 g/mol. The molecule has 5 heteroatoms. The van der Waals surface area contributed by atoms with Gasteiger partial charge in [0, 0.05) is 17.1 Å². The Labute approximate surface area is 123 Å². The molecule has 106 valence electrons. The lowest BCUT2D eigenvalue weighted by Gasteiger charge is -2.14. The second kappa shape index (κ2) is 6.68. The average Bonchev–Trinajstić information content (AvgIpc) is 2.46. The molecule has 20 heavy (non-hydrogen) atoms. The molecule has 0 fully saturated rings. The highest BCUT2D eigenvalue weighted by Crippen LogP contribution is 2.28. The van der Waals surface area contributed by atoms with Gasteiger partial charge in [0.2, 0.25) is 5.88 Å². The fourth-order valence-corrected chi connectivity index (χ4v) is 2.35. The van der Waals surface area contributed by atoms with Crippen LogP contribution in [0, 0.1) is 0 Å². The maximum Gasteiger partial charge on any atom is 0.243 e. The SMILES string of the molecule is CCc1nnc(Oc2cccc(Cl)c2)c(CN)c1CC. The van der Waals surface area contributed by atoms with Crippen molar-refractivity contribution >= 4 is 11.6 Å². The van der Waals surface area contributed by atoms with Crippen LogP contribution in [0.3, 0.4) is 0 Å². The lowest BCUT2D eigenvalue weighted by molar-refractivity contribution is 0.445. The van der Waals surface area contributed by atoms with E-state index < -0.39 is 0 Å². The maximum atomic E-state index is 5.95. The molecule has 0 amide bonds. The molecule has 2 rings (SSSR count). The predicted octanol–water partition coefficient (Wildman–Crippen LogP) is 3.51. The Morgan fingerprint density at radius 2 is 1.95 bits per heavy atom. The largest absolute Gasteiger partial charge is 0.437 e. The van der Waals surface area contributed by atoms with Crippen molar-refractivity contribution in [3.63, 3.8) is 0 Å². The van der Waals surface area contributed by atoms with Gasteiger partial charge in [-0.3, -0.25) is 0 Å². The normalized spacial score (nSPS) is 10.6. The molecule has 1 aromatic heterocycles. The molecule has 0 atom stereocenters. The number of rotatable bonds is 5. The van der Waals surface area contributed by atoms with Crippen molar-refractivity contribution in [2.75, 3.05) is 0 Å². The lowest BCUT2D eigenvalue weighted by atomic mass is 10.0. The molecular formula is C15H18ClN3O. The fraction of sp³-hybridized carbons (Fsp3) is 0.333. The van der Waals surface area contributed by atoms with Gasteiger partial charge in [0.05, 0.1) is 5.69 Å². The van der Waals surface area contributed by atoms with Gasteiger partial charge in [0.1, 0.15) is 5.75 Å². The third kappa shape index (κ3) is 3.08. The number of hydrogen-bond donors (Lipinski definition) is 1. The van der Waals surface area contributed by atoms with Gasteiger partial charge in [0.25, 0.3) is 0 Å². The van der Waals surface area contributed by atoms with Crippen LogP contribution in [0.2, 0.25) is 5.02 Å². The van der Waals surface area contributed by atoms with E-state index in [1.165, 1.54) is 0 Å². The molecule has 4 nitrogen and oxygen atoms in total. The summed E-state index contributed by atoms with van der Waals surface area (Å²) in [5, 5.41) is 9.01. The molecule has 0 aliphatic carbocycles. The first kappa shape index (κ1) is 14.8. The zero-order valence-corrected chi connectivity index (χ0v) is 12.4. The molecule has 0 bridgehead atoms. The Bertz CT molecular complexity index is 602. The van der Waals surface area contributed by atoms with Crippen LogP contribution < -0.4 is 10.5 Å². The minimum Gasteiger partial charge on any atom is -0.437 e. The van der Waals surface area contributed by atoms with Crippen LogP contribution in [-0.4, -0.2) is 10.2 Å². The number of nitrogens with zero attached hydrogens (tertiary/aromatic N) is 2. The molecule has 1 heterocycles. The van der Waals surface area contributed by atoms with Crippen molar-refractivity contribution < 1.29 is 4.74 Å². The molecule has 2 aromatic rings. The summed E-state index contributed by atoms with van der Waals surface area (Å²) in [4.78, 5) is 0. The van der Waals surface area contributed by atoms with E-state index in [1.54, 1.807) is 12.1 Å². The molecule has 0 aliphatic rings. The second-order valence-electron chi connectivity index (χ2n) is 4.38. The molecule has 0 aliphatic heterocycles. The van der Waals surface area contributed by atoms with E-state index in [0.29, 0.717) is 23.2 Å². The first-order valence-corrected chi connectivity index (χ1v) is 7.08. The molecule has 0 spiro atoms. The first-order chi connectivity index (χ1) is 9.69. The van der Waals surface area contributed by atoms with E-state index in [1.807, 2.05) is 12.1 Å². The average molecular weight is 292 g/mol. The van der Waals surface area contributed by atoms with Gasteiger partial charge >= 0.3 is 0 Å². The monoisotopic (exact) mass is 291 g/mol. The van der Waals surface area contributed by atoms with Gasteiger partial charge in [-0.05, 0) is 36.6 Å². The Morgan fingerprint density at radius 1 is 1.15 bits per heavy atom. The first-order valence-electron chi connectivity index (χ1n) is 6.70. The summed E-state index contributed by atoms with van der Waals surface area (Å²) in [7, 11) is 0. The van der Waals surface area contributed by atoms with Gasteiger partial charge in [-0.2, -0.15) is 5.10 Å². The Kier molecular flexibility index (Phi) is 4.93. The topological polar surface area (TPSA) is 61.0 Å². The van der Waals surface area contributed by atoms with Gasteiger partial charge in [-0.15, -0.1) is 5.10 Å². The van der Waals surface area contributed by atoms with Crippen molar-refractivity contribution in [3.8, 4) is 11.6 Å². The minimum absolute atomic E-state index is 0.377. The van der Waals surface area contributed by atoms with Crippen LogP contribution in [0.1, 0.15) is 30.7 Å². The fourth-order valence-electron chi connectivity index (χ4n) is 2.17. The van der Waals surface area contributed by atoms with Crippen LogP contribution >= 0.6 is 11.6 Å². The summed E-state index contributed by atoms with van der Waals surface area (Å²) < 4.78 is 5.79. The van der Waals surface area contributed by atoms with Crippen molar-refractivity contribution in [3.05, 3.63) is 46.1 Å². The number of benzene rings is 1. The van der Waals surface area contributed by atoms with E-state index >= 15 is 0 Å². The number of aryl methyl sites for hydroxylation is 1. The Morgan fingerprint density at radius 3 is 2.55 bits per heavy atom. The summed E-state index contributed by atoms with van der Waals surface area (Å²) in [6.45, 7) is 4.51. The van der Waals surface area contributed by atoms with Gasteiger partial charge in [0.15, 0.2) is 0 Å². The minimum atomic E-state index is 0.377. The van der Waals surface area contributed by atoms with Crippen molar-refractivity contribution in [1.29, 1.82) is 0 Å². The Balaban J connectivity index is 2.41. The van der Waals surface area contributed by atoms with Crippen LogP contribution in [0.25, 0.3) is 0 Å². The molecule has 0 unspecified atom stereocenters. The molecule has 1 aromatic carbocycles.